The number of benzene rings is 1. The zero-order chi connectivity index (χ0) is 16.3. The van der Waals surface area contributed by atoms with Crippen LogP contribution in [0.5, 0.6) is 11.5 Å². The molecule has 0 heterocycles. The fourth-order valence-electron chi connectivity index (χ4n) is 3.00. The zero-order valence-electron chi connectivity index (χ0n) is 13.6. The summed E-state index contributed by atoms with van der Waals surface area (Å²) in [6.45, 7) is 4.30. The molecule has 1 aromatic carbocycles. The van der Waals surface area contributed by atoms with Gasteiger partial charge in [0, 0.05) is 12.1 Å². The molecule has 1 aromatic rings. The molecule has 6 heteroatoms. The molecule has 1 N–H and O–H groups in total. The van der Waals surface area contributed by atoms with Gasteiger partial charge in [0.15, 0.2) is 11.5 Å². The quantitative estimate of drug-likeness (QED) is 0.903. The Morgan fingerprint density at radius 3 is 2.41 bits per heavy atom. The molecule has 0 amide bonds. The number of rotatable bonds is 5. The maximum Gasteiger partial charge on any atom is 0.240 e. The molecule has 3 unspecified atom stereocenters. The third-order valence-corrected chi connectivity index (χ3v) is 6.17. The Morgan fingerprint density at radius 1 is 1.09 bits per heavy atom. The summed E-state index contributed by atoms with van der Waals surface area (Å²) < 4.78 is 38.4. The predicted octanol–water partition coefficient (Wildman–Crippen LogP) is 2.81. The summed E-state index contributed by atoms with van der Waals surface area (Å²) >= 11 is 0. The van der Waals surface area contributed by atoms with E-state index < -0.39 is 10.0 Å². The molecule has 0 saturated heterocycles. The van der Waals surface area contributed by atoms with E-state index in [9.17, 15) is 8.42 Å². The summed E-state index contributed by atoms with van der Waals surface area (Å²) in [5.74, 6) is 1.80. The number of sulfonamides is 1. The Bertz CT molecular complexity index is 615. The summed E-state index contributed by atoms with van der Waals surface area (Å²) in [5, 5.41) is 0. The van der Waals surface area contributed by atoms with E-state index in [1.54, 1.807) is 12.1 Å². The fraction of sp³-hybridized carbons (Fsp3) is 0.625. The lowest BCUT2D eigenvalue weighted by Crippen LogP contribution is -2.43. The van der Waals surface area contributed by atoms with Crippen molar-refractivity contribution in [3.8, 4) is 11.5 Å². The number of methoxy groups -OCH3 is 2. The van der Waals surface area contributed by atoms with E-state index in [0.717, 1.165) is 19.3 Å². The van der Waals surface area contributed by atoms with Gasteiger partial charge in [0.2, 0.25) is 10.0 Å². The second kappa shape index (κ2) is 6.87. The van der Waals surface area contributed by atoms with Crippen molar-refractivity contribution in [3.63, 3.8) is 0 Å². The molecule has 0 radical (unpaired) electrons. The highest BCUT2D eigenvalue weighted by atomic mass is 32.2. The fourth-order valence-corrected chi connectivity index (χ4v) is 4.38. The van der Waals surface area contributed by atoms with Crippen LogP contribution in [-0.4, -0.2) is 28.7 Å². The van der Waals surface area contributed by atoms with Gasteiger partial charge in [0.1, 0.15) is 0 Å². The van der Waals surface area contributed by atoms with Crippen LogP contribution in [0.2, 0.25) is 0 Å². The van der Waals surface area contributed by atoms with Gasteiger partial charge >= 0.3 is 0 Å². The first-order chi connectivity index (χ1) is 10.4. The summed E-state index contributed by atoms with van der Waals surface area (Å²) in [5.41, 5.74) is 0. The van der Waals surface area contributed by atoms with Crippen molar-refractivity contribution in [2.24, 2.45) is 11.8 Å². The van der Waals surface area contributed by atoms with Gasteiger partial charge in [-0.2, -0.15) is 0 Å². The molecule has 0 spiro atoms. The SMILES string of the molecule is COc1ccc(S(=O)(=O)NC2CCCC(C)C2C)cc1OC. The number of hydrogen-bond acceptors (Lipinski definition) is 4. The zero-order valence-corrected chi connectivity index (χ0v) is 14.4. The topological polar surface area (TPSA) is 64.6 Å². The minimum Gasteiger partial charge on any atom is -0.493 e. The van der Waals surface area contributed by atoms with Gasteiger partial charge in [-0.15, -0.1) is 0 Å². The molecule has 3 atom stereocenters. The Hall–Kier alpha value is -1.27. The van der Waals surface area contributed by atoms with Crippen molar-refractivity contribution in [2.45, 2.75) is 44.0 Å². The van der Waals surface area contributed by atoms with Gasteiger partial charge in [-0.05, 0) is 30.4 Å². The van der Waals surface area contributed by atoms with Crippen LogP contribution >= 0.6 is 0 Å². The van der Waals surface area contributed by atoms with Crippen LogP contribution in [0, 0.1) is 11.8 Å². The summed E-state index contributed by atoms with van der Waals surface area (Å²) in [6, 6.07) is 4.64. The Morgan fingerprint density at radius 2 is 1.77 bits per heavy atom. The monoisotopic (exact) mass is 327 g/mol. The molecule has 1 aliphatic carbocycles. The molecule has 1 fully saturated rings. The maximum absolute atomic E-state index is 12.6. The molecule has 22 heavy (non-hydrogen) atoms. The normalized spacial score (nSPS) is 25.7. The predicted molar refractivity (Wildman–Crippen MR) is 85.8 cm³/mol. The number of nitrogens with one attached hydrogen (secondary N) is 1. The van der Waals surface area contributed by atoms with Crippen molar-refractivity contribution in [1.82, 2.24) is 4.72 Å². The first-order valence-electron chi connectivity index (χ1n) is 7.63. The largest absolute Gasteiger partial charge is 0.493 e. The van der Waals surface area contributed by atoms with Crippen LogP contribution in [0.1, 0.15) is 33.1 Å². The van der Waals surface area contributed by atoms with Crippen molar-refractivity contribution in [2.75, 3.05) is 14.2 Å². The number of hydrogen-bond donors (Lipinski definition) is 1. The van der Waals surface area contributed by atoms with E-state index in [1.165, 1.54) is 20.3 Å². The molecule has 0 bridgehead atoms. The van der Waals surface area contributed by atoms with Crippen LogP contribution in [0.3, 0.4) is 0 Å². The average Bonchev–Trinajstić information content (AvgIpc) is 2.51. The van der Waals surface area contributed by atoms with E-state index in [0.29, 0.717) is 23.3 Å². The van der Waals surface area contributed by atoms with Gasteiger partial charge < -0.3 is 9.47 Å². The van der Waals surface area contributed by atoms with Crippen molar-refractivity contribution in [3.05, 3.63) is 18.2 Å². The minimum atomic E-state index is -3.56. The molecule has 2 rings (SSSR count). The van der Waals surface area contributed by atoms with Crippen molar-refractivity contribution < 1.29 is 17.9 Å². The van der Waals surface area contributed by atoms with E-state index in [2.05, 4.69) is 18.6 Å². The van der Waals surface area contributed by atoms with E-state index in [-0.39, 0.29) is 10.9 Å². The summed E-state index contributed by atoms with van der Waals surface area (Å²) in [4.78, 5) is 0.204. The average molecular weight is 327 g/mol. The van der Waals surface area contributed by atoms with E-state index >= 15 is 0 Å². The van der Waals surface area contributed by atoms with Crippen LogP contribution < -0.4 is 14.2 Å². The lowest BCUT2D eigenvalue weighted by atomic mass is 9.78. The molecule has 124 valence electrons. The molecule has 1 aliphatic rings. The van der Waals surface area contributed by atoms with E-state index in [4.69, 9.17) is 9.47 Å². The highest BCUT2D eigenvalue weighted by Crippen LogP contribution is 2.32. The smallest absolute Gasteiger partial charge is 0.240 e. The Balaban J connectivity index is 2.23. The van der Waals surface area contributed by atoms with E-state index in [1.807, 2.05) is 0 Å². The third-order valence-electron chi connectivity index (χ3n) is 4.68. The van der Waals surface area contributed by atoms with Gasteiger partial charge in [-0.1, -0.05) is 26.7 Å². The summed E-state index contributed by atoms with van der Waals surface area (Å²) in [7, 11) is -0.544. The van der Waals surface area contributed by atoms with Crippen LogP contribution in [0.4, 0.5) is 0 Å². The maximum atomic E-state index is 12.6. The first-order valence-corrected chi connectivity index (χ1v) is 9.11. The summed E-state index contributed by atoms with van der Waals surface area (Å²) in [6.07, 6.45) is 3.11. The standard InChI is InChI=1S/C16H25NO4S/c1-11-6-5-7-14(12(11)2)17-22(18,19)13-8-9-15(20-3)16(10-13)21-4/h8-12,14,17H,5-7H2,1-4H3. The van der Waals surface area contributed by atoms with Crippen molar-refractivity contribution in [1.29, 1.82) is 0 Å². The molecule has 0 aromatic heterocycles. The first kappa shape index (κ1) is 17.1. The minimum absolute atomic E-state index is 0.0122. The van der Waals surface area contributed by atoms with Crippen LogP contribution in [0.25, 0.3) is 0 Å². The molecule has 5 nitrogen and oxygen atoms in total. The van der Waals surface area contributed by atoms with Crippen LogP contribution in [0.15, 0.2) is 23.1 Å². The molecular formula is C16H25NO4S. The van der Waals surface area contributed by atoms with Gasteiger partial charge in [0.05, 0.1) is 19.1 Å². The second-order valence-electron chi connectivity index (χ2n) is 6.01. The Labute approximate surface area is 133 Å². The second-order valence-corrected chi connectivity index (χ2v) is 7.73. The molecule has 1 saturated carbocycles. The molecular weight excluding hydrogens is 302 g/mol. The van der Waals surface area contributed by atoms with Gasteiger partial charge in [0.25, 0.3) is 0 Å². The third kappa shape index (κ3) is 3.55. The lowest BCUT2D eigenvalue weighted by Gasteiger charge is -2.34. The highest BCUT2D eigenvalue weighted by molar-refractivity contribution is 7.89. The Kier molecular flexibility index (Phi) is 5.34. The highest BCUT2D eigenvalue weighted by Gasteiger charge is 2.31. The number of ether oxygens (including phenoxy) is 2. The lowest BCUT2D eigenvalue weighted by molar-refractivity contribution is 0.227. The molecule has 0 aliphatic heterocycles. The van der Waals surface area contributed by atoms with Gasteiger partial charge in [-0.3, -0.25) is 0 Å². The van der Waals surface area contributed by atoms with Crippen molar-refractivity contribution >= 4 is 10.0 Å². The van der Waals surface area contributed by atoms with Crippen LogP contribution in [-0.2, 0) is 10.0 Å². The van der Waals surface area contributed by atoms with Gasteiger partial charge in [-0.25, -0.2) is 13.1 Å².